The van der Waals surface area contributed by atoms with Crippen LogP contribution in [0.15, 0.2) is 0 Å². The lowest BCUT2D eigenvalue weighted by Gasteiger charge is -2.08. The molecule has 0 N–H and O–H groups in total. The second-order valence-electron chi connectivity index (χ2n) is 7.46. The third kappa shape index (κ3) is 29.5. The van der Waals surface area contributed by atoms with Crippen LogP contribution in [0, 0.1) is 0 Å². The van der Waals surface area contributed by atoms with Gasteiger partial charge >= 0.3 is 5.97 Å². The molecule has 0 bridgehead atoms. The Morgan fingerprint density at radius 3 is 1.39 bits per heavy atom. The average molecular weight is 499 g/mol. The fourth-order valence-corrected chi connectivity index (χ4v) is 2.85. The van der Waals surface area contributed by atoms with Crippen LogP contribution in [-0.4, -0.2) is 97.7 Å². The van der Waals surface area contributed by atoms with E-state index in [9.17, 15) is 4.79 Å². The lowest BCUT2D eigenvalue weighted by molar-refractivity contribution is -0.145. The standard InChI is InChI=1S/C24H47ClO8/c1-2-3-6-9-24(26)33-23-22-32-21-20-31-19-18-30-17-16-29-15-14-28-13-12-27-11-8-5-4-7-10-25/h2-23H2,1H3. The molecule has 0 saturated heterocycles. The summed E-state index contributed by atoms with van der Waals surface area (Å²) in [6.07, 6.45) is 8.04. The zero-order chi connectivity index (χ0) is 24.1. The molecular weight excluding hydrogens is 452 g/mol. The van der Waals surface area contributed by atoms with Crippen molar-refractivity contribution >= 4 is 17.6 Å². The number of carbonyl (C=O) groups is 1. The predicted octanol–water partition coefficient (Wildman–Crippen LogP) is 4.01. The third-order valence-electron chi connectivity index (χ3n) is 4.51. The molecule has 0 atom stereocenters. The minimum absolute atomic E-state index is 0.151. The topological polar surface area (TPSA) is 81.7 Å². The lowest BCUT2D eigenvalue weighted by atomic mass is 10.2. The molecule has 0 saturated carbocycles. The van der Waals surface area contributed by atoms with Gasteiger partial charge in [0.2, 0.25) is 0 Å². The second kappa shape index (κ2) is 29.6. The molecule has 0 amide bonds. The molecule has 0 aromatic carbocycles. The summed E-state index contributed by atoms with van der Waals surface area (Å²) in [4.78, 5) is 11.4. The van der Waals surface area contributed by atoms with E-state index in [0.29, 0.717) is 85.7 Å². The summed E-state index contributed by atoms with van der Waals surface area (Å²) in [5, 5.41) is 0. The van der Waals surface area contributed by atoms with E-state index < -0.39 is 0 Å². The summed E-state index contributed by atoms with van der Waals surface area (Å²) >= 11 is 5.63. The van der Waals surface area contributed by atoms with Crippen LogP contribution in [0.1, 0.15) is 58.3 Å². The number of ether oxygens (including phenoxy) is 7. The first-order chi connectivity index (χ1) is 16.3. The Hall–Kier alpha value is -0.480. The van der Waals surface area contributed by atoms with Crippen molar-refractivity contribution < 1.29 is 38.0 Å². The molecule has 0 radical (unpaired) electrons. The van der Waals surface area contributed by atoms with Crippen molar-refractivity contribution in [1.82, 2.24) is 0 Å². The van der Waals surface area contributed by atoms with E-state index in [0.717, 1.165) is 44.6 Å². The first-order valence-corrected chi connectivity index (χ1v) is 13.0. The number of carbonyl (C=O) groups excluding carboxylic acids is 1. The maximum atomic E-state index is 11.4. The summed E-state index contributed by atoms with van der Waals surface area (Å²) in [6.45, 7) is 8.91. The van der Waals surface area contributed by atoms with Crippen LogP contribution in [0.25, 0.3) is 0 Å². The molecular formula is C24H47ClO8. The summed E-state index contributed by atoms with van der Waals surface area (Å²) in [5.74, 6) is 0.595. The Morgan fingerprint density at radius 2 is 0.939 bits per heavy atom. The number of rotatable bonds is 28. The molecule has 0 heterocycles. The summed E-state index contributed by atoms with van der Waals surface area (Å²) in [7, 11) is 0. The summed E-state index contributed by atoms with van der Waals surface area (Å²) in [5.41, 5.74) is 0. The van der Waals surface area contributed by atoms with E-state index in [1.807, 2.05) is 0 Å². The maximum absolute atomic E-state index is 11.4. The highest BCUT2D eigenvalue weighted by molar-refractivity contribution is 6.17. The Bertz CT molecular complexity index is 387. The first kappa shape index (κ1) is 32.5. The highest BCUT2D eigenvalue weighted by Gasteiger charge is 2.01. The Labute approximate surface area is 205 Å². The van der Waals surface area contributed by atoms with E-state index in [-0.39, 0.29) is 5.97 Å². The van der Waals surface area contributed by atoms with Crippen LogP contribution in [0.3, 0.4) is 0 Å². The minimum atomic E-state index is -0.151. The molecule has 0 aliphatic rings. The van der Waals surface area contributed by atoms with Gasteiger partial charge in [0.05, 0.1) is 72.7 Å². The van der Waals surface area contributed by atoms with Crippen LogP contribution >= 0.6 is 11.6 Å². The van der Waals surface area contributed by atoms with Gasteiger partial charge in [0.1, 0.15) is 6.61 Å². The average Bonchev–Trinajstić information content (AvgIpc) is 2.82. The fourth-order valence-electron chi connectivity index (χ4n) is 2.66. The van der Waals surface area contributed by atoms with Gasteiger partial charge in [0.15, 0.2) is 0 Å². The van der Waals surface area contributed by atoms with Gasteiger partial charge in [0.25, 0.3) is 0 Å². The Balaban J connectivity index is 3.06. The molecule has 0 fully saturated rings. The molecule has 0 aliphatic carbocycles. The number of hydrogen-bond acceptors (Lipinski definition) is 8. The third-order valence-corrected chi connectivity index (χ3v) is 4.77. The minimum Gasteiger partial charge on any atom is -0.463 e. The molecule has 198 valence electrons. The van der Waals surface area contributed by atoms with Crippen molar-refractivity contribution in [3.63, 3.8) is 0 Å². The van der Waals surface area contributed by atoms with Crippen LogP contribution < -0.4 is 0 Å². The van der Waals surface area contributed by atoms with E-state index in [4.69, 9.17) is 44.8 Å². The van der Waals surface area contributed by atoms with E-state index >= 15 is 0 Å². The molecule has 0 aromatic heterocycles. The number of alkyl halides is 1. The smallest absolute Gasteiger partial charge is 0.305 e. The van der Waals surface area contributed by atoms with Gasteiger partial charge in [-0.15, -0.1) is 11.6 Å². The van der Waals surface area contributed by atoms with Crippen LogP contribution in [0.5, 0.6) is 0 Å². The largest absolute Gasteiger partial charge is 0.463 e. The van der Waals surface area contributed by atoms with Crippen molar-refractivity contribution in [2.45, 2.75) is 58.3 Å². The summed E-state index contributed by atoms with van der Waals surface area (Å²) in [6, 6.07) is 0. The van der Waals surface area contributed by atoms with Crippen molar-refractivity contribution in [1.29, 1.82) is 0 Å². The first-order valence-electron chi connectivity index (χ1n) is 12.5. The van der Waals surface area contributed by atoms with Crippen molar-refractivity contribution in [3.8, 4) is 0 Å². The molecule has 8 nitrogen and oxygen atoms in total. The van der Waals surface area contributed by atoms with Crippen molar-refractivity contribution in [3.05, 3.63) is 0 Å². The van der Waals surface area contributed by atoms with Crippen molar-refractivity contribution in [2.75, 3.05) is 91.8 Å². The van der Waals surface area contributed by atoms with Gasteiger partial charge in [-0.1, -0.05) is 32.6 Å². The molecule has 0 aliphatic heterocycles. The fraction of sp³-hybridized carbons (Fsp3) is 0.958. The van der Waals surface area contributed by atoms with Gasteiger partial charge < -0.3 is 33.2 Å². The van der Waals surface area contributed by atoms with E-state index in [2.05, 4.69) is 6.92 Å². The zero-order valence-electron chi connectivity index (χ0n) is 20.7. The Morgan fingerprint density at radius 1 is 0.515 bits per heavy atom. The number of hydrogen-bond donors (Lipinski definition) is 0. The van der Waals surface area contributed by atoms with Gasteiger partial charge in [-0.25, -0.2) is 0 Å². The highest BCUT2D eigenvalue weighted by Crippen LogP contribution is 2.01. The highest BCUT2D eigenvalue weighted by atomic mass is 35.5. The Kier molecular flexibility index (Phi) is 29.1. The molecule has 33 heavy (non-hydrogen) atoms. The monoisotopic (exact) mass is 498 g/mol. The van der Waals surface area contributed by atoms with Gasteiger partial charge in [0, 0.05) is 18.9 Å². The quantitative estimate of drug-likeness (QED) is 0.0909. The van der Waals surface area contributed by atoms with E-state index in [1.165, 1.54) is 12.8 Å². The number of halogens is 1. The lowest BCUT2D eigenvalue weighted by Crippen LogP contribution is -2.15. The van der Waals surface area contributed by atoms with Crippen LogP contribution in [0.4, 0.5) is 0 Å². The summed E-state index contributed by atoms with van der Waals surface area (Å²) < 4.78 is 37.7. The van der Waals surface area contributed by atoms with Gasteiger partial charge in [-0.2, -0.15) is 0 Å². The molecule has 0 aromatic rings. The van der Waals surface area contributed by atoms with Crippen LogP contribution in [-0.2, 0) is 38.0 Å². The van der Waals surface area contributed by atoms with Crippen LogP contribution in [0.2, 0.25) is 0 Å². The van der Waals surface area contributed by atoms with Gasteiger partial charge in [-0.3, -0.25) is 4.79 Å². The molecule has 0 rings (SSSR count). The number of esters is 1. The number of unbranched alkanes of at least 4 members (excludes halogenated alkanes) is 5. The molecule has 0 unspecified atom stereocenters. The second-order valence-corrected chi connectivity index (χ2v) is 7.83. The normalized spacial score (nSPS) is 11.2. The maximum Gasteiger partial charge on any atom is 0.305 e. The van der Waals surface area contributed by atoms with Crippen molar-refractivity contribution in [2.24, 2.45) is 0 Å². The SMILES string of the molecule is CCCCCC(=O)OCCOCCOCCOCCOCCOCCOCCCCCCCl. The molecule has 9 heteroatoms. The zero-order valence-corrected chi connectivity index (χ0v) is 21.5. The van der Waals surface area contributed by atoms with Gasteiger partial charge in [-0.05, 0) is 19.3 Å². The molecule has 0 spiro atoms. The predicted molar refractivity (Wildman–Crippen MR) is 129 cm³/mol. The van der Waals surface area contributed by atoms with E-state index in [1.54, 1.807) is 0 Å².